The molecule has 0 spiro atoms. The van der Waals surface area contributed by atoms with Crippen LogP contribution in [-0.4, -0.2) is 6.29 Å². The maximum atomic E-state index is 10.4. The van der Waals surface area contributed by atoms with Crippen molar-refractivity contribution in [1.82, 2.24) is 0 Å². The van der Waals surface area contributed by atoms with E-state index in [0.717, 1.165) is 22.1 Å². The van der Waals surface area contributed by atoms with Crippen molar-refractivity contribution >= 4 is 22.2 Å². The summed E-state index contributed by atoms with van der Waals surface area (Å²) in [5, 5.41) is 0. The van der Waals surface area contributed by atoms with Crippen LogP contribution in [0.2, 0.25) is 0 Å². The van der Waals surface area contributed by atoms with Gasteiger partial charge < -0.3 is 4.42 Å². The van der Waals surface area contributed by atoms with Crippen LogP contribution in [-0.2, 0) is 0 Å². The highest BCUT2D eigenvalue weighted by molar-refractivity contribution is 9.10. The van der Waals surface area contributed by atoms with E-state index in [1.807, 2.05) is 18.2 Å². The minimum absolute atomic E-state index is 0.663. The number of benzene rings is 1. The molecular formula is C11H7BrO2. The van der Waals surface area contributed by atoms with Gasteiger partial charge in [0.1, 0.15) is 12.0 Å². The molecule has 0 amide bonds. The van der Waals surface area contributed by atoms with Crippen molar-refractivity contribution in [2.75, 3.05) is 0 Å². The summed E-state index contributed by atoms with van der Waals surface area (Å²) < 4.78 is 6.20. The molecule has 1 aromatic carbocycles. The molecule has 2 aromatic rings. The maximum Gasteiger partial charge on any atom is 0.150 e. The van der Waals surface area contributed by atoms with E-state index in [9.17, 15) is 4.79 Å². The first-order valence-corrected chi connectivity index (χ1v) is 4.89. The molecule has 1 heterocycles. The van der Waals surface area contributed by atoms with Gasteiger partial charge in [0.05, 0.1) is 10.7 Å². The van der Waals surface area contributed by atoms with E-state index in [1.54, 1.807) is 18.4 Å². The quantitative estimate of drug-likeness (QED) is 0.764. The molecule has 0 aliphatic heterocycles. The summed E-state index contributed by atoms with van der Waals surface area (Å²) in [6.07, 6.45) is 2.44. The van der Waals surface area contributed by atoms with Gasteiger partial charge in [-0.2, -0.15) is 0 Å². The standard InChI is InChI=1S/C11H7BrO2/c12-10-5-6-14-11(10)9-3-1-8(7-13)2-4-9/h1-7H. The SMILES string of the molecule is O=Cc1ccc(-c2occc2Br)cc1. The summed E-state index contributed by atoms with van der Waals surface area (Å²) in [5.74, 6) is 0.780. The highest BCUT2D eigenvalue weighted by atomic mass is 79.9. The minimum atomic E-state index is 0.663. The largest absolute Gasteiger partial charge is 0.463 e. The third-order valence-corrected chi connectivity index (χ3v) is 2.55. The first kappa shape index (κ1) is 9.21. The summed E-state index contributed by atoms with van der Waals surface area (Å²) in [6.45, 7) is 0. The lowest BCUT2D eigenvalue weighted by molar-refractivity contribution is 0.112. The molecule has 0 atom stereocenters. The summed E-state index contributed by atoms with van der Waals surface area (Å²) in [4.78, 5) is 10.4. The van der Waals surface area contributed by atoms with Gasteiger partial charge in [-0.1, -0.05) is 24.3 Å². The highest BCUT2D eigenvalue weighted by Gasteiger charge is 2.05. The predicted molar refractivity (Wildman–Crippen MR) is 57.2 cm³/mol. The predicted octanol–water partition coefficient (Wildman–Crippen LogP) is 3.52. The van der Waals surface area contributed by atoms with Crippen molar-refractivity contribution in [2.45, 2.75) is 0 Å². The molecule has 2 nitrogen and oxygen atoms in total. The van der Waals surface area contributed by atoms with Gasteiger partial charge in [-0.25, -0.2) is 0 Å². The molecule has 0 fully saturated rings. The van der Waals surface area contributed by atoms with Gasteiger partial charge in [-0.05, 0) is 22.0 Å². The van der Waals surface area contributed by atoms with E-state index in [1.165, 1.54) is 0 Å². The number of carbonyl (C=O) groups excluding carboxylic acids is 1. The topological polar surface area (TPSA) is 30.2 Å². The molecule has 0 saturated heterocycles. The van der Waals surface area contributed by atoms with Crippen molar-refractivity contribution < 1.29 is 9.21 Å². The van der Waals surface area contributed by atoms with E-state index < -0.39 is 0 Å². The van der Waals surface area contributed by atoms with Crippen LogP contribution in [0.3, 0.4) is 0 Å². The Hall–Kier alpha value is -1.35. The highest BCUT2D eigenvalue weighted by Crippen LogP contribution is 2.28. The van der Waals surface area contributed by atoms with Gasteiger partial charge in [0.2, 0.25) is 0 Å². The van der Waals surface area contributed by atoms with Crippen LogP contribution < -0.4 is 0 Å². The monoisotopic (exact) mass is 250 g/mol. The Morgan fingerprint density at radius 2 is 1.86 bits per heavy atom. The fraction of sp³-hybridized carbons (Fsp3) is 0. The number of furan rings is 1. The fourth-order valence-corrected chi connectivity index (χ4v) is 1.64. The zero-order valence-electron chi connectivity index (χ0n) is 7.24. The number of halogens is 1. The van der Waals surface area contributed by atoms with Gasteiger partial charge in [-0.15, -0.1) is 0 Å². The molecule has 0 aliphatic carbocycles. The third-order valence-electron chi connectivity index (χ3n) is 1.93. The van der Waals surface area contributed by atoms with E-state index in [-0.39, 0.29) is 0 Å². The smallest absolute Gasteiger partial charge is 0.150 e. The number of carbonyl (C=O) groups is 1. The maximum absolute atomic E-state index is 10.4. The van der Waals surface area contributed by atoms with Crippen LogP contribution in [0.15, 0.2) is 45.5 Å². The van der Waals surface area contributed by atoms with Crippen molar-refractivity contribution in [3.63, 3.8) is 0 Å². The fourth-order valence-electron chi connectivity index (χ4n) is 1.21. The van der Waals surface area contributed by atoms with Gasteiger partial charge in [0, 0.05) is 11.1 Å². The van der Waals surface area contributed by atoms with Gasteiger partial charge >= 0.3 is 0 Å². The molecule has 3 heteroatoms. The van der Waals surface area contributed by atoms with E-state index in [2.05, 4.69) is 15.9 Å². The Bertz CT molecular complexity index is 443. The van der Waals surface area contributed by atoms with Crippen molar-refractivity contribution in [2.24, 2.45) is 0 Å². The lowest BCUT2D eigenvalue weighted by atomic mass is 10.1. The molecule has 1 aromatic heterocycles. The summed E-state index contributed by atoms with van der Waals surface area (Å²) in [7, 11) is 0. The van der Waals surface area contributed by atoms with E-state index in [0.29, 0.717) is 5.56 Å². The summed E-state index contributed by atoms with van der Waals surface area (Å²) in [5.41, 5.74) is 1.61. The summed E-state index contributed by atoms with van der Waals surface area (Å²) >= 11 is 3.38. The average Bonchev–Trinajstić information content (AvgIpc) is 2.65. The molecule has 70 valence electrons. The third kappa shape index (κ3) is 1.63. The lowest BCUT2D eigenvalue weighted by Gasteiger charge is -1.97. The Morgan fingerprint density at radius 1 is 1.14 bits per heavy atom. The Morgan fingerprint density at radius 3 is 2.36 bits per heavy atom. The first-order chi connectivity index (χ1) is 6.81. The van der Waals surface area contributed by atoms with Crippen LogP contribution in [0.1, 0.15) is 10.4 Å². The van der Waals surface area contributed by atoms with Gasteiger partial charge in [0.25, 0.3) is 0 Å². The van der Waals surface area contributed by atoms with Crippen LogP contribution in [0.5, 0.6) is 0 Å². The van der Waals surface area contributed by atoms with Crippen LogP contribution in [0.4, 0.5) is 0 Å². The van der Waals surface area contributed by atoms with Crippen molar-refractivity contribution in [3.05, 3.63) is 46.6 Å². The first-order valence-electron chi connectivity index (χ1n) is 4.10. The average molecular weight is 251 g/mol. The zero-order valence-corrected chi connectivity index (χ0v) is 8.82. The molecule has 14 heavy (non-hydrogen) atoms. The van der Waals surface area contributed by atoms with Crippen LogP contribution in [0, 0.1) is 0 Å². The number of hydrogen-bond donors (Lipinski definition) is 0. The number of aldehydes is 1. The minimum Gasteiger partial charge on any atom is -0.463 e. The van der Waals surface area contributed by atoms with Gasteiger partial charge in [0.15, 0.2) is 0 Å². The molecule has 0 saturated carbocycles. The Labute approximate surface area is 89.7 Å². The van der Waals surface area contributed by atoms with E-state index in [4.69, 9.17) is 4.42 Å². The Kier molecular flexibility index (Phi) is 2.50. The molecule has 0 unspecified atom stereocenters. The molecular weight excluding hydrogens is 244 g/mol. The summed E-state index contributed by atoms with van der Waals surface area (Å²) in [6, 6.07) is 9.07. The van der Waals surface area contributed by atoms with Crippen LogP contribution in [0.25, 0.3) is 11.3 Å². The molecule has 0 aliphatic rings. The Balaban J connectivity index is 2.43. The second-order valence-electron chi connectivity index (χ2n) is 2.84. The molecule has 0 bridgehead atoms. The second-order valence-corrected chi connectivity index (χ2v) is 3.69. The van der Waals surface area contributed by atoms with Crippen molar-refractivity contribution in [1.29, 1.82) is 0 Å². The number of rotatable bonds is 2. The zero-order chi connectivity index (χ0) is 9.97. The second kappa shape index (κ2) is 3.80. The van der Waals surface area contributed by atoms with E-state index >= 15 is 0 Å². The lowest BCUT2D eigenvalue weighted by Crippen LogP contribution is -1.79. The molecule has 2 rings (SSSR count). The van der Waals surface area contributed by atoms with Gasteiger partial charge in [-0.3, -0.25) is 4.79 Å². The molecule has 0 radical (unpaired) electrons. The molecule has 0 N–H and O–H groups in total. The van der Waals surface area contributed by atoms with Crippen molar-refractivity contribution in [3.8, 4) is 11.3 Å². The normalized spacial score (nSPS) is 10.1. The number of hydrogen-bond acceptors (Lipinski definition) is 2. The van der Waals surface area contributed by atoms with Crippen LogP contribution >= 0.6 is 15.9 Å².